The molecule has 2 rings (SSSR count). The van der Waals surface area contributed by atoms with Crippen molar-refractivity contribution in [1.82, 2.24) is 0 Å². The summed E-state index contributed by atoms with van der Waals surface area (Å²) in [5, 5.41) is 2.72. The smallest absolute Gasteiger partial charge is 0.265 e. The number of rotatable bonds is 5. The monoisotopic (exact) mass is 287 g/mol. The predicted molar refractivity (Wildman–Crippen MR) is 80.9 cm³/mol. The lowest BCUT2D eigenvalue weighted by atomic mass is 10.2. The van der Waals surface area contributed by atoms with Gasteiger partial charge in [0.25, 0.3) is 5.91 Å². The molecule has 1 N–H and O–H groups in total. The zero-order chi connectivity index (χ0) is 15.2. The van der Waals surface area contributed by atoms with Gasteiger partial charge in [0.15, 0.2) is 6.10 Å². The van der Waals surface area contributed by atoms with Crippen LogP contribution in [0.2, 0.25) is 0 Å². The molecule has 2 aromatic carbocycles. The average molecular weight is 287 g/mol. The maximum absolute atomic E-state index is 12.8. The van der Waals surface area contributed by atoms with Crippen LogP contribution in [0.1, 0.15) is 18.9 Å². The van der Waals surface area contributed by atoms with Gasteiger partial charge < -0.3 is 10.1 Å². The number of hydrogen-bond donors (Lipinski definition) is 1. The number of hydrogen-bond acceptors (Lipinski definition) is 2. The summed E-state index contributed by atoms with van der Waals surface area (Å²) in [7, 11) is 0. The van der Waals surface area contributed by atoms with E-state index < -0.39 is 6.10 Å². The number of carbonyl (C=O) groups excluding carboxylic acids is 1. The van der Waals surface area contributed by atoms with E-state index in [4.69, 9.17) is 4.74 Å². The summed E-state index contributed by atoms with van der Waals surface area (Å²) in [6.45, 7) is 3.87. The molecule has 21 heavy (non-hydrogen) atoms. The van der Waals surface area contributed by atoms with Crippen molar-refractivity contribution < 1.29 is 13.9 Å². The van der Waals surface area contributed by atoms with Gasteiger partial charge in [-0.05, 0) is 49.7 Å². The van der Waals surface area contributed by atoms with Gasteiger partial charge in [0, 0.05) is 5.69 Å². The highest BCUT2D eigenvalue weighted by Crippen LogP contribution is 2.16. The lowest BCUT2D eigenvalue weighted by Gasteiger charge is -2.17. The topological polar surface area (TPSA) is 38.3 Å². The van der Waals surface area contributed by atoms with Gasteiger partial charge in [-0.3, -0.25) is 4.79 Å². The summed E-state index contributed by atoms with van der Waals surface area (Å²) >= 11 is 0. The molecule has 3 nitrogen and oxygen atoms in total. The Balaban J connectivity index is 2.01. The molecule has 0 aliphatic carbocycles. The van der Waals surface area contributed by atoms with Crippen LogP contribution in [0.4, 0.5) is 10.1 Å². The number of carbonyl (C=O) groups is 1. The minimum Gasteiger partial charge on any atom is -0.481 e. The molecule has 0 saturated carbocycles. The van der Waals surface area contributed by atoms with Crippen LogP contribution in [0.3, 0.4) is 0 Å². The molecule has 0 saturated heterocycles. The SMILES string of the molecule is CCC(Oc1ccc(C)cc1)C(=O)Nc1ccc(F)cc1. The van der Waals surface area contributed by atoms with E-state index in [1.807, 2.05) is 38.1 Å². The van der Waals surface area contributed by atoms with Gasteiger partial charge in [0.2, 0.25) is 0 Å². The third-order valence-corrected chi connectivity index (χ3v) is 3.07. The highest BCUT2D eigenvalue weighted by Gasteiger charge is 2.18. The Hall–Kier alpha value is -2.36. The number of amides is 1. The van der Waals surface area contributed by atoms with E-state index >= 15 is 0 Å². The van der Waals surface area contributed by atoms with Crippen LogP contribution in [0.5, 0.6) is 5.75 Å². The van der Waals surface area contributed by atoms with E-state index in [9.17, 15) is 9.18 Å². The highest BCUT2D eigenvalue weighted by molar-refractivity contribution is 5.94. The maximum atomic E-state index is 12.8. The van der Waals surface area contributed by atoms with E-state index in [0.717, 1.165) is 5.56 Å². The first-order valence-corrected chi connectivity index (χ1v) is 6.88. The summed E-state index contributed by atoms with van der Waals surface area (Å²) in [5.74, 6) is 0.0716. The van der Waals surface area contributed by atoms with Crippen LogP contribution < -0.4 is 10.1 Å². The number of ether oxygens (including phenoxy) is 1. The summed E-state index contributed by atoms with van der Waals surface area (Å²) < 4.78 is 18.5. The highest BCUT2D eigenvalue weighted by atomic mass is 19.1. The van der Waals surface area contributed by atoms with Crippen LogP contribution in [-0.4, -0.2) is 12.0 Å². The van der Waals surface area contributed by atoms with Crippen LogP contribution in [-0.2, 0) is 4.79 Å². The van der Waals surface area contributed by atoms with Crippen molar-refractivity contribution in [3.63, 3.8) is 0 Å². The average Bonchev–Trinajstić information content (AvgIpc) is 2.49. The quantitative estimate of drug-likeness (QED) is 0.905. The van der Waals surface area contributed by atoms with Crippen LogP contribution in [0, 0.1) is 12.7 Å². The van der Waals surface area contributed by atoms with Gasteiger partial charge in [-0.1, -0.05) is 24.6 Å². The molecule has 0 bridgehead atoms. The fraction of sp³-hybridized carbons (Fsp3) is 0.235. The first-order valence-electron chi connectivity index (χ1n) is 6.88. The van der Waals surface area contributed by atoms with Crippen LogP contribution in [0.15, 0.2) is 48.5 Å². The van der Waals surface area contributed by atoms with E-state index in [0.29, 0.717) is 17.9 Å². The lowest BCUT2D eigenvalue weighted by Crippen LogP contribution is -2.32. The Morgan fingerprint density at radius 2 is 1.76 bits per heavy atom. The maximum Gasteiger partial charge on any atom is 0.265 e. The first-order chi connectivity index (χ1) is 10.1. The molecule has 0 fully saturated rings. The van der Waals surface area contributed by atoms with Crippen molar-refractivity contribution in [2.24, 2.45) is 0 Å². The molecule has 0 spiro atoms. The van der Waals surface area contributed by atoms with Gasteiger partial charge in [0.1, 0.15) is 11.6 Å². The van der Waals surface area contributed by atoms with Crippen LogP contribution in [0.25, 0.3) is 0 Å². The summed E-state index contributed by atoms with van der Waals surface area (Å²) in [6.07, 6.45) is -0.0428. The zero-order valence-electron chi connectivity index (χ0n) is 12.1. The first kappa shape index (κ1) is 15.0. The Labute approximate surface area is 123 Å². The van der Waals surface area contributed by atoms with E-state index in [-0.39, 0.29) is 11.7 Å². The van der Waals surface area contributed by atoms with Crippen LogP contribution >= 0.6 is 0 Å². The number of nitrogens with one attached hydrogen (secondary N) is 1. The van der Waals surface area contributed by atoms with Gasteiger partial charge in [-0.15, -0.1) is 0 Å². The predicted octanol–water partition coefficient (Wildman–Crippen LogP) is 3.93. The Morgan fingerprint density at radius 3 is 2.33 bits per heavy atom. The lowest BCUT2D eigenvalue weighted by molar-refractivity contribution is -0.122. The number of aryl methyl sites for hydroxylation is 1. The molecular formula is C17H18FNO2. The van der Waals surface area contributed by atoms with E-state index in [1.54, 1.807) is 0 Å². The molecule has 1 amide bonds. The molecule has 0 heterocycles. The standard InChI is InChI=1S/C17H18FNO2/c1-3-16(21-15-10-4-12(2)5-11-15)17(20)19-14-8-6-13(18)7-9-14/h4-11,16H,3H2,1-2H3,(H,19,20). The van der Waals surface area contributed by atoms with Gasteiger partial charge in [-0.2, -0.15) is 0 Å². The molecule has 110 valence electrons. The molecule has 0 radical (unpaired) electrons. The third-order valence-electron chi connectivity index (χ3n) is 3.07. The molecule has 4 heteroatoms. The van der Waals surface area contributed by atoms with Gasteiger partial charge in [0.05, 0.1) is 0 Å². The zero-order valence-corrected chi connectivity index (χ0v) is 12.1. The van der Waals surface area contributed by atoms with Crippen molar-refractivity contribution in [2.75, 3.05) is 5.32 Å². The second kappa shape index (κ2) is 6.88. The molecule has 0 aliphatic rings. The fourth-order valence-electron chi connectivity index (χ4n) is 1.86. The van der Waals surface area contributed by atoms with E-state index in [2.05, 4.69) is 5.32 Å². The molecule has 0 aliphatic heterocycles. The minimum absolute atomic E-state index is 0.246. The molecule has 1 unspecified atom stereocenters. The van der Waals surface area contributed by atoms with E-state index in [1.165, 1.54) is 24.3 Å². The van der Waals surface area contributed by atoms with Crippen molar-refractivity contribution in [3.05, 3.63) is 59.9 Å². The second-order valence-electron chi connectivity index (χ2n) is 4.82. The van der Waals surface area contributed by atoms with Gasteiger partial charge in [-0.25, -0.2) is 4.39 Å². The van der Waals surface area contributed by atoms with Gasteiger partial charge >= 0.3 is 0 Å². The van der Waals surface area contributed by atoms with Crippen molar-refractivity contribution in [2.45, 2.75) is 26.4 Å². The molecule has 2 aromatic rings. The number of benzene rings is 2. The molecule has 1 atom stereocenters. The summed E-state index contributed by atoms with van der Waals surface area (Å²) in [5.41, 5.74) is 1.68. The Morgan fingerprint density at radius 1 is 1.14 bits per heavy atom. The minimum atomic E-state index is -0.585. The molecule has 0 aromatic heterocycles. The summed E-state index contributed by atoms with van der Waals surface area (Å²) in [4.78, 5) is 12.2. The van der Waals surface area contributed by atoms with Crippen molar-refractivity contribution in [3.8, 4) is 5.75 Å². The normalized spacial score (nSPS) is 11.8. The third kappa shape index (κ3) is 4.31. The summed E-state index contributed by atoms with van der Waals surface area (Å²) in [6, 6.07) is 13.2. The molecular weight excluding hydrogens is 269 g/mol. The number of anilines is 1. The van der Waals surface area contributed by atoms with Crippen molar-refractivity contribution in [1.29, 1.82) is 0 Å². The fourth-order valence-corrected chi connectivity index (χ4v) is 1.86. The van der Waals surface area contributed by atoms with Crippen molar-refractivity contribution >= 4 is 11.6 Å². The largest absolute Gasteiger partial charge is 0.481 e. The second-order valence-corrected chi connectivity index (χ2v) is 4.82. The Bertz CT molecular complexity index is 593. The number of halogens is 1. The Kier molecular flexibility index (Phi) is 4.93.